The van der Waals surface area contributed by atoms with Crippen molar-refractivity contribution in [1.29, 1.82) is 0 Å². The van der Waals surface area contributed by atoms with E-state index in [1.54, 1.807) is 0 Å². The minimum atomic E-state index is -1.14. The first kappa shape index (κ1) is 15.7. The Morgan fingerprint density at radius 1 is 0.917 bits per heavy atom. The molecule has 1 heterocycles. The van der Waals surface area contributed by atoms with Crippen molar-refractivity contribution in [2.24, 2.45) is 0 Å². The van der Waals surface area contributed by atoms with E-state index in [0.717, 1.165) is 6.26 Å². The van der Waals surface area contributed by atoms with Gasteiger partial charge in [-0.1, -0.05) is 17.6 Å². The number of allylic oxidation sites excluding steroid dienone is 1. The molecule has 1 aliphatic rings. The van der Waals surface area contributed by atoms with Gasteiger partial charge in [0.05, 0.1) is 16.7 Å². The lowest BCUT2D eigenvalue weighted by Crippen LogP contribution is -2.25. The van der Waals surface area contributed by atoms with Crippen LogP contribution in [0.4, 0.5) is 0 Å². The van der Waals surface area contributed by atoms with Gasteiger partial charge in [0, 0.05) is 5.56 Å². The predicted molar refractivity (Wildman–Crippen MR) is 83.3 cm³/mol. The lowest BCUT2D eigenvalue weighted by atomic mass is 9.70. The van der Waals surface area contributed by atoms with Gasteiger partial charge >= 0.3 is 5.97 Å². The van der Waals surface area contributed by atoms with Gasteiger partial charge in [0.2, 0.25) is 11.6 Å². The molecule has 0 fully saturated rings. The Balaban J connectivity index is 2.08. The fourth-order valence-corrected chi connectivity index (χ4v) is 2.35. The molecule has 112 valence electrons. The number of Topliss-reactive ketones (excluding diaryl/α,β-unsaturated/α-hetero) is 2. The van der Waals surface area contributed by atoms with Gasteiger partial charge in [-0.2, -0.15) is 0 Å². The largest absolute Gasteiger partial charge is 0.478 e. The highest BCUT2D eigenvalue weighted by atomic mass is 16.4. The second-order valence-corrected chi connectivity index (χ2v) is 5.05. The molecule has 1 aliphatic carbocycles. The maximum Gasteiger partial charge on any atom is 0.335 e. The normalized spacial score (nSPS) is 13.8. The van der Waals surface area contributed by atoms with E-state index >= 15 is 0 Å². The molecule has 0 spiro atoms. The van der Waals surface area contributed by atoms with Gasteiger partial charge < -0.3 is 9.52 Å². The van der Waals surface area contributed by atoms with Gasteiger partial charge in [-0.05, 0) is 17.6 Å². The van der Waals surface area contributed by atoms with E-state index in [4.69, 9.17) is 25.2 Å². The first-order chi connectivity index (χ1) is 11.3. The van der Waals surface area contributed by atoms with Crippen molar-refractivity contribution in [2.75, 3.05) is 0 Å². The number of hydrogen-bond donors (Lipinski definition) is 1. The number of ketones is 3. The summed E-state index contributed by atoms with van der Waals surface area (Å²) in [6, 6.07) is 5.10. The quantitative estimate of drug-likeness (QED) is 0.514. The van der Waals surface area contributed by atoms with Crippen molar-refractivity contribution >= 4 is 44.5 Å². The second-order valence-electron chi connectivity index (χ2n) is 5.05. The predicted octanol–water partition coefficient (Wildman–Crippen LogP) is 0.980. The molecular formula is C16H6B2O6. The summed E-state index contributed by atoms with van der Waals surface area (Å²) in [6.45, 7) is 0. The minimum Gasteiger partial charge on any atom is -0.478 e. The van der Waals surface area contributed by atoms with Gasteiger partial charge in [-0.15, -0.1) is 0 Å². The molecule has 24 heavy (non-hydrogen) atoms. The summed E-state index contributed by atoms with van der Waals surface area (Å²) in [6.07, 6.45) is 1.02. The summed E-state index contributed by atoms with van der Waals surface area (Å²) in [5.41, 5.74) is -0.862. The molecule has 0 bridgehead atoms. The Bertz CT molecular complexity index is 949. The molecule has 0 saturated heterocycles. The zero-order valence-electron chi connectivity index (χ0n) is 12.0. The van der Waals surface area contributed by atoms with Crippen LogP contribution in [0.3, 0.4) is 0 Å². The topological polar surface area (TPSA) is 102 Å². The first-order valence-corrected chi connectivity index (χ1v) is 6.67. The summed E-state index contributed by atoms with van der Waals surface area (Å²) in [7, 11) is 11.1. The molecule has 0 saturated carbocycles. The summed E-state index contributed by atoms with van der Waals surface area (Å²) < 4.78 is 5.14. The molecule has 0 atom stereocenters. The number of carbonyl (C=O) groups is 4. The van der Waals surface area contributed by atoms with Crippen molar-refractivity contribution in [3.8, 4) is 0 Å². The maximum absolute atomic E-state index is 12.5. The zero-order valence-corrected chi connectivity index (χ0v) is 12.0. The molecule has 0 unspecified atom stereocenters. The van der Waals surface area contributed by atoms with Crippen molar-refractivity contribution < 1.29 is 28.7 Å². The monoisotopic (exact) mass is 316 g/mol. The molecule has 1 aromatic heterocycles. The van der Waals surface area contributed by atoms with Gasteiger partial charge in [0.1, 0.15) is 27.7 Å². The number of carbonyl (C=O) groups excluding carboxylic acids is 3. The zero-order chi connectivity index (χ0) is 17.6. The summed E-state index contributed by atoms with van der Waals surface area (Å²) in [4.78, 5) is 47.3. The number of rotatable bonds is 3. The van der Waals surface area contributed by atoms with Gasteiger partial charge in [0.25, 0.3) is 0 Å². The van der Waals surface area contributed by atoms with Crippen LogP contribution < -0.4 is 0 Å². The average molecular weight is 316 g/mol. The van der Waals surface area contributed by atoms with Crippen LogP contribution in [0.25, 0.3) is 5.47 Å². The fraction of sp³-hybridized carbons (Fsp3) is 0. The first-order valence-electron chi connectivity index (χ1n) is 6.67. The molecule has 2 aromatic rings. The summed E-state index contributed by atoms with van der Waals surface area (Å²) in [5, 5.41) is 8.86. The number of hydrogen-bond acceptors (Lipinski definition) is 5. The number of carboxylic acids is 1. The summed E-state index contributed by atoms with van der Waals surface area (Å²) >= 11 is 0. The molecule has 6 nitrogen and oxygen atoms in total. The Hall–Kier alpha value is -3.15. The number of furan rings is 1. The van der Waals surface area contributed by atoms with E-state index in [1.807, 2.05) is 0 Å². The number of carboxylic acid groups (broad SMARTS) is 1. The van der Waals surface area contributed by atoms with E-state index in [-0.39, 0.29) is 33.5 Å². The van der Waals surface area contributed by atoms with E-state index < -0.39 is 28.8 Å². The van der Waals surface area contributed by atoms with Crippen molar-refractivity contribution in [3.63, 3.8) is 0 Å². The average Bonchev–Trinajstić information content (AvgIpc) is 3.02. The van der Waals surface area contributed by atoms with Crippen molar-refractivity contribution in [2.45, 2.75) is 0 Å². The van der Waals surface area contributed by atoms with Crippen LogP contribution in [-0.2, 0) is 4.79 Å². The Labute approximate surface area is 138 Å². The van der Waals surface area contributed by atoms with Crippen LogP contribution in [0.15, 0.2) is 40.4 Å². The third-order valence-corrected chi connectivity index (χ3v) is 3.64. The highest BCUT2D eigenvalue weighted by molar-refractivity contribution is 6.68. The van der Waals surface area contributed by atoms with Crippen molar-refractivity contribution in [1.82, 2.24) is 0 Å². The molecule has 0 amide bonds. The van der Waals surface area contributed by atoms with Crippen LogP contribution in [0.2, 0.25) is 0 Å². The van der Waals surface area contributed by atoms with E-state index in [0.29, 0.717) is 0 Å². The number of benzene rings is 1. The molecule has 1 aromatic carbocycles. The highest BCUT2D eigenvalue weighted by Crippen LogP contribution is 2.31. The van der Waals surface area contributed by atoms with Gasteiger partial charge in [-0.25, -0.2) is 4.79 Å². The Morgan fingerprint density at radius 2 is 1.50 bits per heavy atom. The molecule has 1 N–H and O–H groups in total. The SMILES string of the molecule is [B]C1=C([B])c2occ(C(=O)c3ccc(C(=O)O)cc3)c2C(=O)C1=O. The minimum absolute atomic E-state index is 0.00646. The lowest BCUT2D eigenvalue weighted by Gasteiger charge is -2.13. The van der Waals surface area contributed by atoms with Crippen LogP contribution in [0.5, 0.6) is 0 Å². The van der Waals surface area contributed by atoms with E-state index in [9.17, 15) is 19.2 Å². The van der Waals surface area contributed by atoms with Crippen LogP contribution in [0.1, 0.15) is 42.4 Å². The van der Waals surface area contributed by atoms with E-state index in [2.05, 4.69) is 0 Å². The highest BCUT2D eigenvalue weighted by Gasteiger charge is 2.35. The lowest BCUT2D eigenvalue weighted by molar-refractivity contribution is -0.111. The van der Waals surface area contributed by atoms with Crippen LogP contribution >= 0.6 is 0 Å². The molecule has 3 rings (SSSR count). The fourth-order valence-electron chi connectivity index (χ4n) is 2.35. The molecule has 8 heteroatoms. The second kappa shape index (κ2) is 5.49. The standard InChI is InChI=1S/C16H6B2O6/c17-10-11(18)15-9(13(20)14(10)21)8(5-24-15)12(19)6-1-3-7(4-2-6)16(22)23/h1-5H,(H,22,23). The van der Waals surface area contributed by atoms with Crippen LogP contribution in [0, 0.1) is 0 Å². The van der Waals surface area contributed by atoms with Crippen molar-refractivity contribution in [3.05, 3.63) is 64.0 Å². The molecular weight excluding hydrogens is 310 g/mol. The van der Waals surface area contributed by atoms with Gasteiger partial charge in [0.15, 0.2) is 5.78 Å². The molecule has 4 radical (unpaired) electrons. The molecule has 0 aliphatic heterocycles. The third kappa shape index (κ3) is 2.23. The van der Waals surface area contributed by atoms with E-state index in [1.165, 1.54) is 24.3 Å². The van der Waals surface area contributed by atoms with Crippen LogP contribution in [-0.4, -0.2) is 44.1 Å². The number of fused-ring (bicyclic) bond motifs is 1. The Kier molecular flexibility index (Phi) is 3.60. The Morgan fingerprint density at radius 3 is 2.08 bits per heavy atom. The third-order valence-electron chi connectivity index (χ3n) is 3.64. The smallest absolute Gasteiger partial charge is 0.335 e. The van der Waals surface area contributed by atoms with Gasteiger partial charge in [-0.3, -0.25) is 14.4 Å². The summed E-state index contributed by atoms with van der Waals surface area (Å²) in [5.74, 6) is -3.84. The maximum atomic E-state index is 12.5. The number of aromatic carboxylic acids is 1.